The maximum absolute atomic E-state index is 13.1. The minimum Gasteiger partial charge on any atom is -0.508 e. The monoisotopic (exact) mass is 496 g/mol. The number of nitrogens with zero attached hydrogens (tertiary/aromatic N) is 1. The largest absolute Gasteiger partial charge is 0.508 e. The van der Waals surface area contributed by atoms with Gasteiger partial charge in [0.2, 0.25) is 0 Å². The van der Waals surface area contributed by atoms with E-state index in [1.165, 1.54) is 49.6 Å². The molecule has 0 spiro atoms. The highest BCUT2D eigenvalue weighted by Crippen LogP contribution is 2.35. The number of anilines is 1. The van der Waals surface area contributed by atoms with Crippen molar-refractivity contribution in [3.8, 4) is 23.3 Å². The normalized spacial score (nSPS) is 10.9. The first-order valence-electron chi connectivity index (χ1n) is 9.36. The summed E-state index contributed by atoms with van der Waals surface area (Å²) in [7, 11) is 1.48. The van der Waals surface area contributed by atoms with Crippen LogP contribution in [0, 0.1) is 17.1 Å². The number of halogens is 2. The molecule has 0 saturated carbocycles. The van der Waals surface area contributed by atoms with E-state index in [2.05, 4.69) is 21.2 Å². The van der Waals surface area contributed by atoms with Crippen molar-refractivity contribution in [2.75, 3.05) is 12.4 Å². The van der Waals surface area contributed by atoms with Crippen molar-refractivity contribution < 1.29 is 23.8 Å². The van der Waals surface area contributed by atoms with Gasteiger partial charge in [0.25, 0.3) is 5.91 Å². The summed E-state index contributed by atoms with van der Waals surface area (Å²) in [4.78, 5) is 12.5. The number of nitriles is 1. The Labute approximate surface area is 192 Å². The van der Waals surface area contributed by atoms with Crippen LogP contribution in [0.1, 0.15) is 11.1 Å². The number of aromatic hydroxyl groups is 1. The molecule has 3 rings (SSSR count). The van der Waals surface area contributed by atoms with Gasteiger partial charge in [-0.05, 0) is 65.7 Å². The predicted molar refractivity (Wildman–Crippen MR) is 122 cm³/mol. The molecular formula is C24H18BrFN2O4. The summed E-state index contributed by atoms with van der Waals surface area (Å²) in [6.45, 7) is 0.205. The third kappa shape index (κ3) is 5.86. The lowest BCUT2D eigenvalue weighted by Gasteiger charge is -2.13. The van der Waals surface area contributed by atoms with Crippen molar-refractivity contribution in [1.82, 2.24) is 0 Å². The minimum absolute atomic E-state index is 0.0665. The molecule has 3 aromatic rings. The molecule has 0 fully saturated rings. The molecule has 0 atom stereocenters. The second-order valence-electron chi connectivity index (χ2n) is 6.61. The number of benzene rings is 3. The molecule has 6 nitrogen and oxygen atoms in total. The number of ether oxygens (including phenoxy) is 2. The standard InChI is InChI=1S/C24H18BrFN2O4/c1-31-22-11-16(10-17(13-27)24(30)28-19-6-8-20(29)9-7-19)21(25)12-23(22)32-14-15-2-4-18(26)5-3-15/h2-12,29H,14H2,1H3,(H,28,30)/b17-10+. The van der Waals surface area contributed by atoms with Crippen LogP contribution in [0.2, 0.25) is 0 Å². The maximum Gasteiger partial charge on any atom is 0.266 e. The molecule has 3 aromatic carbocycles. The molecule has 8 heteroatoms. The van der Waals surface area contributed by atoms with Gasteiger partial charge in [-0.25, -0.2) is 4.39 Å². The van der Waals surface area contributed by atoms with Gasteiger partial charge in [0.05, 0.1) is 7.11 Å². The second kappa shape index (κ2) is 10.5. The Morgan fingerprint density at radius 2 is 1.84 bits per heavy atom. The molecule has 2 N–H and O–H groups in total. The van der Waals surface area contributed by atoms with Crippen molar-refractivity contribution in [2.24, 2.45) is 0 Å². The lowest BCUT2D eigenvalue weighted by molar-refractivity contribution is -0.112. The van der Waals surface area contributed by atoms with Gasteiger partial charge in [0, 0.05) is 10.2 Å². The Morgan fingerprint density at radius 1 is 1.16 bits per heavy atom. The highest BCUT2D eigenvalue weighted by Gasteiger charge is 2.14. The summed E-state index contributed by atoms with van der Waals surface area (Å²) in [5, 5.41) is 21.4. The lowest BCUT2D eigenvalue weighted by Crippen LogP contribution is -2.13. The number of hydrogen-bond acceptors (Lipinski definition) is 5. The van der Waals surface area contributed by atoms with Crippen LogP contribution in [-0.2, 0) is 11.4 Å². The van der Waals surface area contributed by atoms with E-state index in [9.17, 15) is 19.6 Å². The first-order chi connectivity index (χ1) is 15.4. The summed E-state index contributed by atoms with van der Waals surface area (Å²) in [6.07, 6.45) is 1.42. The third-order valence-corrected chi connectivity index (χ3v) is 5.07. The predicted octanol–water partition coefficient (Wildman–Crippen LogP) is 5.43. The van der Waals surface area contributed by atoms with Gasteiger partial charge in [0.15, 0.2) is 11.5 Å². The summed E-state index contributed by atoms with van der Waals surface area (Å²) >= 11 is 3.43. The Bertz CT molecular complexity index is 1190. The molecule has 1 amide bonds. The van der Waals surface area contributed by atoms with Crippen LogP contribution < -0.4 is 14.8 Å². The van der Waals surface area contributed by atoms with E-state index in [-0.39, 0.29) is 23.7 Å². The van der Waals surface area contributed by atoms with Gasteiger partial charge in [-0.15, -0.1) is 0 Å². The molecule has 0 bridgehead atoms. The van der Waals surface area contributed by atoms with E-state index < -0.39 is 5.91 Å². The minimum atomic E-state index is -0.597. The molecule has 0 aromatic heterocycles. The number of carbonyl (C=O) groups is 1. The molecular weight excluding hydrogens is 479 g/mol. The van der Waals surface area contributed by atoms with Crippen LogP contribution >= 0.6 is 15.9 Å². The highest BCUT2D eigenvalue weighted by molar-refractivity contribution is 9.10. The van der Waals surface area contributed by atoms with Crippen molar-refractivity contribution in [3.63, 3.8) is 0 Å². The van der Waals surface area contributed by atoms with Crippen molar-refractivity contribution in [3.05, 3.63) is 87.7 Å². The van der Waals surface area contributed by atoms with Gasteiger partial charge in [-0.2, -0.15) is 5.26 Å². The number of methoxy groups -OCH3 is 1. The molecule has 0 aliphatic heterocycles. The van der Waals surface area contributed by atoms with E-state index in [1.54, 1.807) is 24.3 Å². The van der Waals surface area contributed by atoms with Crippen LogP contribution in [0.5, 0.6) is 17.2 Å². The van der Waals surface area contributed by atoms with Gasteiger partial charge in [0.1, 0.15) is 29.8 Å². The molecule has 0 heterocycles. The Balaban J connectivity index is 1.80. The average Bonchev–Trinajstić information content (AvgIpc) is 2.79. The Kier molecular flexibility index (Phi) is 7.47. The van der Waals surface area contributed by atoms with Crippen LogP contribution in [0.3, 0.4) is 0 Å². The zero-order valence-electron chi connectivity index (χ0n) is 16.9. The number of rotatable bonds is 7. The zero-order valence-corrected chi connectivity index (χ0v) is 18.5. The fraction of sp³-hybridized carbons (Fsp3) is 0.0833. The van der Waals surface area contributed by atoms with E-state index in [1.807, 2.05) is 6.07 Å². The van der Waals surface area contributed by atoms with Gasteiger partial charge < -0.3 is 19.9 Å². The summed E-state index contributed by atoms with van der Waals surface area (Å²) < 4.78 is 24.8. The number of phenolic OH excluding ortho intramolecular Hbond substituents is 1. The number of carbonyl (C=O) groups excluding carboxylic acids is 1. The third-order valence-electron chi connectivity index (χ3n) is 4.38. The molecule has 162 valence electrons. The Hall–Kier alpha value is -3.83. The first kappa shape index (κ1) is 22.8. The van der Waals surface area contributed by atoms with E-state index in [0.29, 0.717) is 27.2 Å². The van der Waals surface area contributed by atoms with Crippen LogP contribution in [0.4, 0.5) is 10.1 Å². The number of amides is 1. The number of hydrogen-bond donors (Lipinski definition) is 2. The fourth-order valence-corrected chi connectivity index (χ4v) is 3.16. The van der Waals surface area contributed by atoms with Crippen LogP contribution in [-0.4, -0.2) is 18.1 Å². The van der Waals surface area contributed by atoms with Gasteiger partial charge in [-0.3, -0.25) is 4.79 Å². The summed E-state index contributed by atoms with van der Waals surface area (Å²) in [5.41, 5.74) is 1.63. The highest BCUT2D eigenvalue weighted by atomic mass is 79.9. The molecule has 0 aliphatic rings. The summed E-state index contributed by atoms with van der Waals surface area (Å²) in [6, 6.07) is 17.0. The topological polar surface area (TPSA) is 91.6 Å². The van der Waals surface area contributed by atoms with Gasteiger partial charge >= 0.3 is 0 Å². The Morgan fingerprint density at radius 3 is 2.47 bits per heavy atom. The number of nitrogens with one attached hydrogen (secondary N) is 1. The van der Waals surface area contributed by atoms with E-state index in [4.69, 9.17) is 9.47 Å². The molecule has 0 saturated heterocycles. The van der Waals surface area contributed by atoms with Gasteiger partial charge in [-0.1, -0.05) is 28.1 Å². The van der Waals surface area contributed by atoms with Crippen molar-refractivity contribution in [2.45, 2.75) is 6.61 Å². The molecule has 0 radical (unpaired) electrons. The molecule has 0 aliphatic carbocycles. The van der Waals surface area contributed by atoms with E-state index >= 15 is 0 Å². The smallest absolute Gasteiger partial charge is 0.266 e. The van der Waals surface area contributed by atoms with Crippen molar-refractivity contribution >= 4 is 33.6 Å². The maximum atomic E-state index is 13.1. The average molecular weight is 497 g/mol. The van der Waals surface area contributed by atoms with Crippen LogP contribution in [0.15, 0.2) is 70.7 Å². The van der Waals surface area contributed by atoms with Crippen molar-refractivity contribution in [1.29, 1.82) is 5.26 Å². The fourth-order valence-electron chi connectivity index (χ4n) is 2.72. The SMILES string of the molecule is COc1cc(/C=C(\C#N)C(=O)Nc2ccc(O)cc2)c(Br)cc1OCc1ccc(F)cc1. The zero-order chi connectivity index (χ0) is 23.1. The number of phenols is 1. The second-order valence-corrected chi connectivity index (χ2v) is 7.46. The van der Waals surface area contributed by atoms with E-state index in [0.717, 1.165) is 5.56 Å². The molecule has 0 unspecified atom stereocenters. The quantitative estimate of drug-likeness (QED) is 0.258. The van der Waals surface area contributed by atoms with Crippen LogP contribution in [0.25, 0.3) is 6.08 Å². The molecule has 32 heavy (non-hydrogen) atoms. The lowest BCUT2D eigenvalue weighted by atomic mass is 10.1. The first-order valence-corrected chi connectivity index (χ1v) is 10.2. The summed E-state index contributed by atoms with van der Waals surface area (Å²) in [5.74, 6) is -0.0174.